The van der Waals surface area contributed by atoms with Crippen LogP contribution in [-0.4, -0.2) is 14.3 Å². The van der Waals surface area contributed by atoms with E-state index in [4.69, 9.17) is 11.6 Å². The third-order valence-electron chi connectivity index (χ3n) is 3.68. The van der Waals surface area contributed by atoms with Crippen molar-refractivity contribution in [1.82, 2.24) is 0 Å². The van der Waals surface area contributed by atoms with Crippen LogP contribution < -0.4 is 10.0 Å². The average Bonchev–Trinajstić information content (AvgIpc) is 2.66. The van der Waals surface area contributed by atoms with Crippen LogP contribution >= 0.6 is 11.6 Å². The molecule has 0 saturated heterocycles. The molecule has 2 N–H and O–H groups in total. The summed E-state index contributed by atoms with van der Waals surface area (Å²) in [7, 11) is -3.95. The van der Waals surface area contributed by atoms with Crippen molar-refractivity contribution in [3.05, 3.63) is 89.0 Å². The number of carbonyl (C=O) groups is 1. The molecule has 0 saturated carbocycles. The normalized spacial score (nSPS) is 11.1. The van der Waals surface area contributed by atoms with Crippen LogP contribution in [0.3, 0.4) is 0 Å². The van der Waals surface area contributed by atoms with E-state index in [0.29, 0.717) is 10.7 Å². The first-order chi connectivity index (χ1) is 13.2. The third kappa shape index (κ3) is 4.65. The van der Waals surface area contributed by atoms with E-state index in [1.807, 2.05) is 0 Å². The topological polar surface area (TPSA) is 75.3 Å². The second kappa shape index (κ2) is 7.95. The molecule has 0 heterocycles. The molecule has 9 heteroatoms. The highest BCUT2D eigenvalue weighted by atomic mass is 35.5. The van der Waals surface area contributed by atoms with E-state index < -0.39 is 27.6 Å². The number of nitrogens with one attached hydrogen (secondary N) is 2. The van der Waals surface area contributed by atoms with Crippen LogP contribution in [0.5, 0.6) is 0 Å². The molecule has 0 spiro atoms. The van der Waals surface area contributed by atoms with E-state index in [1.165, 1.54) is 54.6 Å². The summed E-state index contributed by atoms with van der Waals surface area (Å²) in [5, 5.41) is 2.84. The second-order valence-electron chi connectivity index (χ2n) is 5.72. The predicted molar refractivity (Wildman–Crippen MR) is 103 cm³/mol. The Balaban J connectivity index is 1.81. The molecule has 0 aromatic heterocycles. The van der Waals surface area contributed by atoms with E-state index in [-0.39, 0.29) is 16.1 Å². The molecule has 3 aromatic rings. The van der Waals surface area contributed by atoms with Crippen molar-refractivity contribution in [2.45, 2.75) is 4.90 Å². The smallest absolute Gasteiger partial charge is 0.261 e. The lowest BCUT2D eigenvalue weighted by Crippen LogP contribution is -2.16. The van der Waals surface area contributed by atoms with E-state index in [0.717, 1.165) is 12.1 Å². The molecule has 0 aliphatic heterocycles. The summed E-state index contributed by atoms with van der Waals surface area (Å²) in [4.78, 5) is 12.2. The Labute approximate surface area is 165 Å². The lowest BCUT2D eigenvalue weighted by Gasteiger charge is -2.10. The molecule has 3 rings (SSSR count). The number of hydrogen-bond acceptors (Lipinski definition) is 3. The largest absolute Gasteiger partial charge is 0.322 e. The SMILES string of the molecule is O=C(Nc1ccc(F)c(F)c1)c1cccc(S(=O)(=O)Nc2ccc(Cl)cc2)c1. The van der Waals surface area contributed by atoms with Gasteiger partial charge in [0.15, 0.2) is 11.6 Å². The fourth-order valence-electron chi connectivity index (χ4n) is 2.31. The number of amides is 1. The van der Waals surface area contributed by atoms with Crippen molar-refractivity contribution in [1.29, 1.82) is 0 Å². The minimum atomic E-state index is -3.95. The van der Waals surface area contributed by atoms with Crippen molar-refractivity contribution < 1.29 is 22.0 Å². The lowest BCUT2D eigenvalue weighted by atomic mass is 10.2. The minimum absolute atomic E-state index is 0.0312. The summed E-state index contributed by atoms with van der Waals surface area (Å²) < 4.78 is 53.7. The van der Waals surface area contributed by atoms with Crippen LogP contribution in [0.1, 0.15) is 10.4 Å². The van der Waals surface area contributed by atoms with Gasteiger partial charge in [0.25, 0.3) is 15.9 Å². The summed E-state index contributed by atoms with van der Waals surface area (Å²) in [6.07, 6.45) is 0. The Morgan fingerprint density at radius 1 is 0.857 bits per heavy atom. The van der Waals surface area contributed by atoms with Gasteiger partial charge in [-0.2, -0.15) is 0 Å². The van der Waals surface area contributed by atoms with Gasteiger partial charge in [-0.3, -0.25) is 9.52 Å². The number of anilines is 2. The molecule has 144 valence electrons. The van der Waals surface area contributed by atoms with Crippen molar-refractivity contribution >= 4 is 38.9 Å². The van der Waals surface area contributed by atoms with Gasteiger partial charge in [-0.05, 0) is 54.6 Å². The quantitative estimate of drug-likeness (QED) is 0.627. The zero-order chi connectivity index (χ0) is 20.3. The number of benzene rings is 3. The van der Waals surface area contributed by atoms with E-state index in [1.54, 1.807) is 0 Å². The molecule has 0 aliphatic carbocycles. The Hall–Kier alpha value is -2.97. The number of carbonyl (C=O) groups excluding carboxylic acids is 1. The summed E-state index contributed by atoms with van der Waals surface area (Å²) in [5.41, 5.74) is 0.376. The van der Waals surface area contributed by atoms with E-state index in [2.05, 4.69) is 10.0 Å². The maximum absolute atomic E-state index is 13.3. The van der Waals surface area contributed by atoms with Gasteiger partial charge in [-0.1, -0.05) is 17.7 Å². The first-order valence-electron chi connectivity index (χ1n) is 7.89. The van der Waals surface area contributed by atoms with Gasteiger partial charge >= 0.3 is 0 Å². The predicted octanol–water partition coefficient (Wildman–Crippen LogP) is 4.67. The van der Waals surface area contributed by atoms with Crippen molar-refractivity contribution in [3.8, 4) is 0 Å². The molecule has 0 radical (unpaired) electrons. The van der Waals surface area contributed by atoms with Gasteiger partial charge in [0.05, 0.1) is 4.90 Å². The first kappa shape index (κ1) is 19.8. The highest BCUT2D eigenvalue weighted by molar-refractivity contribution is 7.92. The van der Waals surface area contributed by atoms with Gasteiger partial charge in [0, 0.05) is 28.0 Å². The molecule has 0 fully saturated rings. The molecule has 28 heavy (non-hydrogen) atoms. The van der Waals surface area contributed by atoms with Gasteiger partial charge in [0.1, 0.15) is 0 Å². The fraction of sp³-hybridized carbons (Fsp3) is 0. The number of hydrogen-bond donors (Lipinski definition) is 2. The summed E-state index contributed by atoms with van der Waals surface area (Å²) in [6, 6.07) is 14.3. The molecule has 3 aromatic carbocycles. The molecule has 0 aliphatic rings. The van der Waals surface area contributed by atoms with Crippen molar-refractivity contribution in [2.24, 2.45) is 0 Å². The third-order valence-corrected chi connectivity index (χ3v) is 5.31. The average molecular weight is 423 g/mol. The molecule has 1 amide bonds. The fourth-order valence-corrected chi connectivity index (χ4v) is 3.54. The number of sulfonamides is 1. The molecular weight excluding hydrogens is 410 g/mol. The zero-order valence-electron chi connectivity index (χ0n) is 14.1. The van der Waals surface area contributed by atoms with Crippen LogP contribution in [0.15, 0.2) is 71.6 Å². The maximum Gasteiger partial charge on any atom is 0.261 e. The zero-order valence-corrected chi connectivity index (χ0v) is 15.7. The van der Waals surface area contributed by atoms with Gasteiger partial charge < -0.3 is 5.32 Å². The van der Waals surface area contributed by atoms with Crippen LogP contribution in [0.4, 0.5) is 20.2 Å². The Morgan fingerprint density at radius 2 is 1.54 bits per heavy atom. The Kier molecular flexibility index (Phi) is 5.62. The monoisotopic (exact) mass is 422 g/mol. The van der Waals surface area contributed by atoms with Crippen molar-refractivity contribution in [2.75, 3.05) is 10.0 Å². The molecule has 0 unspecified atom stereocenters. The van der Waals surface area contributed by atoms with Crippen LogP contribution in [0, 0.1) is 11.6 Å². The molecule has 0 atom stereocenters. The van der Waals surface area contributed by atoms with Gasteiger partial charge in [-0.15, -0.1) is 0 Å². The minimum Gasteiger partial charge on any atom is -0.322 e. The van der Waals surface area contributed by atoms with Gasteiger partial charge in [0.2, 0.25) is 0 Å². The van der Waals surface area contributed by atoms with Crippen LogP contribution in [0.25, 0.3) is 0 Å². The lowest BCUT2D eigenvalue weighted by molar-refractivity contribution is 0.102. The summed E-state index contributed by atoms with van der Waals surface area (Å²) in [6.45, 7) is 0. The highest BCUT2D eigenvalue weighted by Gasteiger charge is 2.17. The van der Waals surface area contributed by atoms with Crippen LogP contribution in [-0.2, 0) is 10.0 Å². The Morgan fingerprint density at radius 3 is 2.21 bits per heavy atom. The summed E-state index contributed by atoms with van der Waals surface area (Å²) in [5.74, 6) is -2.82. The highest BCUT2D eigenvalue weighted by Crippen LogP contribution is 2.20. The second-order valence-corrected chi connectivity index (χ2v) is 7.84. The molecule has 0 bridgehead atoms. The first-order valence-corrected chi connectivity index (χ1v) is 9.75. The summed E-state index contributed by atoms with van der Waals surface area (Å²) >= 11 is 5.77. The van der Waals surface area contributed by atoms with Crippen LogP contribution in [0.2, 0.25) is 5.02 Å². The van der Waals surface area contributed by atoms with Crippen molar-refractivity contribution in [3.63, 3.8) is 0 Å². The van der Waals surface area contributed by atoms with Gasteiger partial charge in [-0.25, -0.2) is 17.2 Å². The Bertz CT molecular complexity index is 1140. The van der Waals surface area contributed by atoms with E-state index in [9.17, 15) is 22.0 Å². The number of halogens is 3. The molecule has 5 nitrogen and oxygen atoms in total. The molecular formula is C19H13ClF2N2O3S. The maximum atomic E-state index is 13.3. The number of rotatable bonds is 5. The standard InChI is InChI=1S/C19H13ClF2N2O3S/c20-13-4-6-14(7-5-13)24-28(26,27)16-3-1-2-12(10-16)19(25)23-15-8-9-17(21)18(22)11-15/h1-11,24H,(H,23,25). The van der Waals surface area contributed by atoms with E-state index >= 15 is 0 Å².